The summed E-state index contributed by atoms with van der Waals surface area (Å²) < 4.78 is 30.7. The summed E-state index contributed by atoms with van der Waals surface area (Å²) in [6.07, 6.45) is -0.663. The molecule has 0 atom stereocenters. The van der Waals surface area contributed by atoms with Crippen LogP contribution in [-0.2, 0) is 4.74 Å². The molecule has 1 N–H and O–H groups in total. The van der Waals surface area contributed by atoms with Gasteiger partial charge in [0.05, 0.1) is 6.54 Å². The SMILES string of the molecule is CCCC(F)(F)CNC(=O)OC(C)(C)C. The highest BCUT2D eigenvalue weighted by atomic mass is 19.3. The normalized spacial score (nSPS) is 12.4. The molecule has 0 spiro atoms. The van der Waals surface area contributed by atoms with E-state index in [1.54, 1.807) is 27.7 Å². The van der Waals surface area contributed by atoms with Crippen molar-refractivity contribution >= 4 is 6.09 Å². The van der Waals surface area contributed by atoms with Gasteiger partial charge in [0.15, 0.2) is 0 Å². The number of amides is 1. The number of hydrogen-bond donors (Lipinski definition) is 1. The van der Waals surface area contributed by atoms with Gasteiger partial charge in [-0.15, -0.1) is 0 Å². The first-order valence-electron chi connectivity index (χ1n) is 5.01. The molecule has 0 saturated carbocycles. The third-order valence-corrected chi connectivity index (χ3v) is 1.51. The quantitative estimate of drug-likeness (QED) is 0.795. The van der Waals surface area contributed by atoms with Crippen LogP contribution >= 0.6 is 0 Å². The molecule has 0 fully saturated rings. The Morgan fingerprint density at radius 1 is 1.33 bits per heavy atom. The molecule has 5 heteroatoms. The predicted molar refractivity (Wildman–Crippen MR) is 54.1 cm³/mol. The van der Waals surface area contributed by atoms with E-state index in [1.807, 2.05) is 0 Å². The van der Waals surface area contributed by atoms with E-state index >= 15 is 0 Å². The predicted octanol–water partition coefficient (Wildman–Crippen LogP) is 2.95. The fourth-order valence-corrected chi connectivity index (χ4v) is 0.970. The van der Waals surface area contributed by atoms with Gasteiger partial charge < -0.3 is 10.1 Å². The van der Waals surface area contributed by atoms with E-state index in [2.05, 4.69) is 5.32 Å². The lowest BCUT2D eigenvalue weighted by Crippen LogP contribution is -2.39. The van der Waals surface area contributed by atoms with Gasteiger partial charge in [-0.3, -0.25) is 0 Å². The number of alkyl halides is 2. The van der Waals surface area contributed by atoms with Gasteiger partial charge in [0.1, 0.15) is 5.60 Å². The minimum Gasteiger partial charge on any atom is -0.444 e. The molecule has 90 valence electrons. The molecule has 0 aromatic heterocycles. The van der Waals surface area contributed by atoms with Crippen LogP contribution in [-0.4, -0.2) is 24.2 Å². The van der Waals surface area contributed by atoms with Crippen molar-refractivity contribution in [2.24, 2.45) is 0 Å². The summed E-state index contributed by atoms with van der Waals surface area (Å²) in [6, 6.07) is 0. The Morgan fingerprint density at radius 3 is 2.27 bits per heavy atom. The van der Waals surface area contributed by atoms with E-state index in [0.717, 1.165) is 0 Å². The summed E-state index contributed by atoms with van der Waals surface area (Å²) in [4.78, 5) is 11.0. The zero-order valence-corrected chi connectivity index (χ0v) is 9.69. The van der Waals surface area contributed by atoms with Crippen molar-refractivity contribution < 1.29 is 18.3 Å². The number of hydrogen-bond acceptors (Lipinski definition) is 2. The Balaban J connectivity index is 3.90. The van der Waals surface area contributed by atoms with Crippen molar-refractivity contribution in [3.63, 3.8) is 0 Å². The largest absolute Gasteiger partial charge is 0.444 e. The lowest BCUT2D eigenvalue weighted by atomic mass is 10.2. The topological polar surface area (TPSA) is 38.3 Å². The standard InChI is InChI=1S/C10H19F2NO2/c1-5-6-10(11,12)7-13-8(14)15-9(2,3)4/h5-7H2,1-4H3,(H,13,14). The highest BCUT2D eigenvalue weighted by Crippen LogP contribution is 2.18. The number of carbonyl (C=O) groups is 1. The maximum atomic E-state index is 12.9. The van der Waals surface area contributed by atoms with Crippen LogP contribution in [0.25, 0.3) is 0 Å². The Bertz CT molecular complexity index is 212. The monoisotopic (exact) mass is 223 g/mol. The first-order valence-corrected chi connectivity index (χ1v) is 5.01. The number of ether oxygens (including phenoxy) is 1. The number of nitrogens with one attached hydrogen (secondary N) is 1. The van der Waals surface area contributed by atoms with E-state index in [9.17, 15) is 13.6 Å². The molecular formula is C10H19F2NO2. The van der Waals surface area contributed by atoms with Gasteiger partial charge in [-0.25, -0.2) is 13.6 Å². The van der Waals surface area contributed by atoms with Crippen LogP contribution in [0.2, 0.25) is 0 Å². The summed E-state index contributed by atoms with van der Waals surface area (Å²) in [5.74, 6) is -2.86. The molecule has 3 nitrogen and oxygen atoms in total. The maximum Gasteiger partial charge on any atom is 0.407 e. The third kappa shape index (κ3) is 8.15. The number of carbonyl (C=O) groups excluding carboxylic acids is 1. The highest BCUT2D eigenvalue weighted by molar-refractivity contribution is 5.67. The third-order valence-electron chi connectivity index (χ3n) is 1.51. The van der Waals surface area contributed by atoms with Crippen LogP contribution in [0.3, 0.4) is 0 Å². The molecule has 0 aromatic rings. The molecule has 0 aliphatic carbocycles. The first kappa shape index (κ1) is 14.1. The number of rotatable bonds is 4. The van der Waals surface area contributed by atoms with Crippen LogP contribution in [0.5, 0.6) is 0 Å². The van der Waals surface area contributed by atoms with Gasteiger partial charge in [0.2, 0.25) is 0 Å². The van der Waals surface area contributed by atoms with E-state index in [-0.39, 0.29) is 6.42 Å². The number of alkyl carbamates (subject to hydrolysis) is 1. The molecule has 0 bridgehead atoms. The van der Waals surface area contributed by atoms with Gasteiger partial charge in [-0.05, 0) is 20.8 Å². The molecule has 1 amide bonds. The average molecular weight is 223 g/mol. The molecule has 0 heterocycles. The van der Waals surface area contributed by atoms with Crippen LogP contribution < -0.4 is 5.32 Å². The van der Waals surface area contributed by atoms with Crippen molar-refractivity contribution in [3.8, 4) is 0 Å². The summed E-state index contributed by atoms with van der Waals surface area (Å²) in [7, 11) is 0. The summed E-state index contributed by atoms with van der Waals surface area (Å²) in [6.45, 7) is 6.03. The first-order chi connectivity index (χ1) is 6.66. The fourth-order valence-electron chi connectivity index (χ4n) is 0.970. The Hall–Kier alpha value is -0.870. The summed E-state index contributed by atoms with van der Waals surface area (Å²) in [5.41, 5.74) is -0.663. The van der Waals surface area contributed by atoms with E-state index in [4.69, 9.17) is 4.74 Å². The van der Waals surface area contributed by atoms with Crippen molar-refractivity contribution in [3.05, 3.63) is 0 Å². The zero-order chi connectivity index (χ0) is 12.1. The second kappa shape index (κ2) is 5.28. The Kier molecular flexibility index (Phi) is 4.97. The van der Waals surface area contributed by atoms with Crippen LogP contribution in [0, 0.1) is 0 Å². The van der Waals surface area contributed by atoms with E-state index in [0.29, 0.717) is 6.42 Å². The van der Waals surface area contributed by atoms with Gasteiger partial charge in [-0.1, -0.05) is 13.3 Å². The van der Waals surface area contributed by atoms with Crippen molar-refractivity contribution in [2.45, 2.75) is 52.1 Å². The van der Waals surface area contributed by atoms with E-state index in [1.165, 1.54) is 0 Å². The fraction of sp³-hybridized carbons (Fsp3) is 0.900. The number of halogens is 2. The maximum absolute atomic E-state index is 12.9. The van der Waals surface area contributed by atoms with Gasteiger partial charge in [0.25, 0.3) is 5.92 Å². The van der Waals surface area contributed by atoms with E-state index < -0.39 is 24.2 Å². The lowest BCUT2D eigenvalue weighted by molar-refractivity contribution is -0.0122. The second-order valence-corrected chi connectivity index (χ2v) is 4.46. The van der Waals surface area contributed by atoms with Crippen LogP contribution in [0.15, 0.2) is 0 Å². The van der Waals surface area contributed by atoms with Crippen LogP contribution in [0.1, 0.15) is 40.5 Å². The smallest absolute Gasteiger partial charge is 0.407 e. The molecule has 0 saturated heterocycles. The Morgan fingerprint density at radius 2 is 1.87 bits per heavy atom. The molecule has 0 aliphatic rings. The van der Waals surface area contributed by atoms with Crippen LogP contribution in [0.4, 0.5) is 13.6 Å². The van der Waals surface area contributed by atoms with Crippen molar-refractivity contribution in [1.82, 2.24) is 5.32 Å². The van der Waals surface area contributed by atoms with Gasteiger partial charge >= 0.3 is 6.09 Å². The Labute approximate surface area is 89.2 Å². The summed E-state index contributed by atoms with van der Waals surface area (Å²) in [5, 5.41) is 2.05. The highest BCUT2D eigenvalue weighted by Gasteiger charge is 2.29. The molecule has 0 rings (SSSR count). The molecule has 0 aliphatic heterocycles. The zero-order valence-electron chi connectivity index (χ0n) is 9.69. The lowest BCUT2D eigenvalue weighted by Gasteiger charge is -2.21. The molecular weight excluding hydrogens is 204 g/mol. The van der Waals surface area contributed by atoms with Crippen molar-refractivity contribution in [2.75, 3.05) is 6.54 Å². The van der Waals surface area contributed by atoms with Crippen molar-refractivity contribution in [1.29, 1.82) is 0 Å². The molecule has 0 unspecified atom stereocenters. The van der Waals surface area contributed by atoms with Gasteiger partial charge in [0, 0.05) is 6.42 Å². The molecule has 15 heavy (non-hydrogen) atoms. The van der Waals surface area contributed by atoms with Gasteiger partial charge in [-0.2, -0.15) is 0 Å². The summed E-state index contributed by atoms with van der Waals surface area (Å²) >= 11 is 0. The molecule has 0 aromatic carbocycles. The molecule has 0 radical (unpaired) electrons. The average Bonchev–Trinajstić information content (AvgIpc) is 1.98. The minimum atomic E-state index is -2.86. The minimum absolute atomic E-state index is 0.233. The second-order valence-electron chi connectivity index (χ2n) is 4.46.